The first kappa shape index (κ1) is 14.4. The fourth-order valence-corrected chi connectivity index (χ4v) is 2.56. The van der Waals surface area contributed by atoms with Crippen LogP contribution in [0.1, 0.15) is 6.23 Å². The number of aliphatic hydroxyl groups is 3. The molecule has 0 radical (unpaired) electrons. The van der Waals surface area contributed by atoms with E-state index in [4.69, 9.17) is 27.2 Å². The molecule has 114 valence electrons. The summed E-state index contributed by atoms with van der Waals surface area (Å²) >= 11 is 5.92. The predicted octanol–water partition coefficient (Wildman–Crippen LogP) is -0.424. The largest absolute Gasteiger partial charge is 0.390 e. The number of nitrogen functional groups attached to an aromatic ring is 1. The van der Waals surface area contributed by atoms with Crippen LogP contribution in [0.2, 0.25) is 5.15 Å². The standard InChI is InChI=1S/C11H12ClFN4O4/c12-7-4-1-2-17(8(4)16-10(14)15-7)9-5(19)6(20)11(13,3-18)21-9/h1-2,5-6,9,18-20H,3H2,(H2,14,15,16)/t5-,6+,9-,11-/m1/s1. The molecule has 1 aliphatic heterocycles. The number of alkyl halides is 1. The SMILES string of the molecule is Nc1nc(Cl)c2ccn([C@@H]3O[C@](F)(CO)[C@@H](O)[C@H]3O)c2n1. The van der Waals surface area contributed by atoms with Gasteiger partial charge in [0.05, 0.1) is 5.39 Å². The second kappa shape index (κ2) is 4.75. The van der Waals surface area contributed by atoms with Crippen LogP contribution in [0.4, 0.5) is 10.3 Å². The van der Waals surface area contributed by atoms with E-state index in [1.165, 1.54) is 16.8 Å². The minimum absolute atomic E-state index is 0.0953. The Morgan fingerprint density at radius 2 is 2.19 bits per heavy atom. The average Bonchev–Trinajstić information content (AvgIpc) is 2.95. The van der Waals surface area contributed by atoms with Crippen molar-refractivity contribution in [3.63, 3.8) is 0 Å². The number of hydrogen-bond acceptors (Lipinski definition) is 7. The van der Waals surface area contributed by atoms with E-state index in [1.807, 2.05) is 0 Å². The molecule has 0 saturated carbocycles. The third-order valence-corrected chi connectivity index (χ3v) is 3.69. The number of hydrogen-bond donors (Lipinski definition) is 4. The highest BCUT2D eigenvalue weighted by Gasteiger charge is 2.55. The van der Waals surface area contributed by atoms with E-state index in [2.05, 4.69) is 9.97 Å². The second-order valence-corrected chi connectivity index (χ2v) is 5.08. The summed E-state index contributed by atoms with van der Waals surface area (Å²) in [5.41, 5.74) is 5.72. The van der Waals surface area contributed by atoms with E-state index in [-0.39, 0.29) is 16.7 Å². The molecule has 4 atom stereocenters. The van der Waals surface area contributed by atoms with Crippen molar-refractivity contribution in [2.75, 3.05) is 12.3 Å². The van der Waals surface area contributed by atoms with Gasteiger partial charge in [-0.15, -0.1) is 0 Å². The smallest absolute Gasteiger partial charge is 0.263 e. The summed E-state index contributed by atoms with van der Waals surface area (Å²) in [5.74, 6) is -2.86. The van der Waals surface area contributed by atoms with Crippen LogP contribution in [-0.4, -0.2) is 54.5 Å². The Morgan fingerprint density at radius 3 is 2.81 bits per heavy atom. The maximum atomic E-state index is 14.1. The van der Waals surface area contributed by atoms with Gasteiger partial charge in [-0.1, -0.05) is 11.6 Å². The minimum Gasteiger partial charge on any atom is -0.390 e. The van der Waals surface area contributed by atoms with Crippen LogP contribution >= 0.6 is 11.6 Å². The molecule has 1 aliphatic rings. The highest BCUT2D eigenvalue weighted by atomic mass is 35.5. The fourth-order valence-electron chi connectivity index (χ4n) is 2.32. The molecule has 2 aromatic rings. The number of nitrogens with zero attached hydrogens (tertiary/aromatic N) is 3. The van der Waals surface area contributed by atoms with Gasteiger partial charge in [0.1, 0.15) is 29.6 Å². The summed E-state index contributed by atoms with van der Waals surface area (Å²) in [6, 6.07) is 1.54. The number of aromatic nitrogens is 3. The first-order chi connectivity index (χ1) is 9.87. The highest BCUT2D eigenvalue weighted by Crippen LogP contribution is 2.39. The van der Waals surface area contributed by atoms with Gasteiger partial charge in [-0.3, -0.25) is 0 Å². The van der Waals surface area contributed by atoms with Crippen molar-refractivity contribution in [3.05, 3.63) is 17.4 Å². The van der Waals surface area contributed by atoms with Crippen molar-refractivity contribution in [2.45, 2.75) is 24.3 Å². The van der Waals surface area contributed by atoms with Gasteiger partial charge in [0, 0.05) is 6.20 Å². The van der Waals surface area contributed by atoms with E-state index < -0.39 is 30.9 Å². The van der Waals surface area contributed by atoms with E-state index in [1.54, 1.807) is 0 Å². The van der Waals surface area contributed by atoms with Crippen molar-refractivity contribution in [3.8, 4) is 0 Å². The zero-order chi connectivity index (χ0) is 15.4. The van der Waals surface area contributed by atoms with Crippen molar-refractivity contribution >= 4 is 28.6 Å². The Balaban J connectivity index is 2.10. The molecule has 5 N–H and O–H groups in total. The first-order valence-electron chi connectivity index (χ1n) is 6.00. The summed E-state index contributed by atoms with van der Waals surface area (Å²) in [4.78, 5) is 7.73. The highest BCUT2D eigenvalue weighted by molar-refractivity contribution is 6.34. The molecule has 1 fully saturated rings. The van der Waals surface area contributed by atoms with Gasteiger partial charge in [0.25, 0.3) is 5.85 Å². The van der Waals surface area contributed by atoms with Crippen LogP contribution < -0.4 is 5.73 Å². The molecular formula is C11H12ClFN4O4. The van der Waals surface area contributed by atoms with Gasteiger partial charge >= 0.3 is 0 Å². The van der Waals surface area contributed by atoms with Gasteiger partial charge < -0.3 is 30.4 Å². The molecule has 0 aromatic carbocycles. The number of nitrogens with two attached hydrogens (primary N) is 1. The van der Waals surface area contributed by atoms with Gasteiger partial charge in [-0.2, -0.15) is 4.98 Å². The van der Waals surface area contributed by atoms with E-state index >= 15 is 0 Å². The summed E-state index contributed by atoms with van der Waals surface area (Å²) < 4.78 is 20.3. The maximum Gasteiger partial charge on any atom is 0.263 e. The number of rotatable bonds is 2. The lowest BCUT2D eigenvalue weighted by molar-refractivity contribution is -0.206. The average molecular weight is 319 g/mol. The third-order valence-electron chi connectivity index (χ3n) is 3.41. The van der Waals surface area contributed by atoms with Crippen LogP contribution in [-0.2, 0) is 4.74 Å². The molecule has 0 unspecified atom stereocenters. The number of fused-ring (bicyclic) bond motifs is 1. The molecule has 0 spiro atoms. The van der Waals surface area contributed by atoms with Crippen LogP contribution in [0, 0.1) is 0 Å². The summed E-state index contributed by atoms with van der Waals surface area (Å²) in [6.45, 7) is -1.10. The quantitative estimate of drug-likeness (QED) is 0.554. The van der Waals surface area contributed by atoms with Gasteiger partial charge in [-0.25, -0.2) is 9.37 Å². The molecule has 2 aromatic heterocycles. The second-order valence-electron chi connectivity index (χ2n) is 4.72. The summed E-state index contributed by atoms with van der Waals surface area (Å²) in [7, 11) is 0. The molecule has 0 amide bonds. The summed E-state index contributed by atoms with van der Waals surface area (Å²) in [6.07, 6.45) is -3.36. The number of aliphatic hydroxyl groups excluding tert-OH is 3. The molecule has 0 bridgehead atoms. The number of halogens is 2. The Morgan fingerprint density at radius 1 is 1.48 bits per heavy atom. The van der Waals surface area contributed by atoms with Crippen LogP contribution in [0.25, 0.3) is 11.0 Å². The molecule has 10 heteroatoms. The van der Waals surface area contributed by atoms with Crippen molar-refractivity contribution in [2.24, 2.45) is 0 Å². The number of anilines is 1. The topological polar surface area (TPSA) is 127 Å². The van der Waals surface area contributed by atoms with Crippen molar-refractivity contribution in [1.29, 1.82) is 0 Å². The molecule has 21 heavy (non-hydrogen) atoms. The lowest BCUT2D eigenvalue weighted by Gasteiger charge is -2.20. The fraction of sp³-hybridized carbons (Fsp3) is 0.455. The third kappa shape index (κ3) is 2.05. The molecule has 0 aliphatic carbocycles. The Bertz CT molecular complexity index is 698. The lowest BCUT2D eigenvalue weighted by Crippen LogP contribution is -2.42. The molecule has 1 saturated heterocycles. The Kier molecular flexibility index (Phi) is 3.26. The Hall–Kier alpha value is -1.52. The molecule has 3 rings (SSSR count). The monoisotopic (exact) mass is 318 g/mol. The molecular weight excluding hydrogens is 307 g/mol. The minimum atomic E-state index is -2.76. The molecule has 8 nitrogen and oxygen atoms in total. The first-order valence-corrected chi connectivity index (χ1v) is 6.38. The van der Waals surface area contributed by atoms with Crippen LogP contribution in [0.15, 0.2) is 12.3 Å². The lowest BCUT2D eigenvalue weighted by atomic mass is 10.1. The van der Waals surface area contributed by atoms with E-state index in [0.29, 0.717) is 5.39 Å². The Labute approximate surface area is 122 Å². The number of ether oxygens (including phenoxy) is 1. The summed E-state index contributed by atoms with van der Waals surface area (Å²) in [5, 5.41) is 29.1. The zero-order valence-corrected chi connectivity index (χ0v) is 11.3. The van der Waals surface area contributed by atoms with E-state index in [0.717, 1.165) is 0 Å². The predicted molar refractivity (Wildman–Crippen MR) is 70.0 cm³/mol. The molecule has 3 heterocycles. The maximum absolute atomic E-state index is 14.1. The van der Waals surface area contributed by atoms with Gasteiger partial charge in [0.2, 0.25) is 5.95 Å². The van der Waals surface area contributed by atoms with Crippen LogP contribution in [0.5, 0.6) is 0 Å². The van der Waals surface area contributed by atoms with Crippen molar-refractivity contribution in [1.82, 2.24) is 14.5 Å². The zero-order valence-electron chi connectivity index (χ0n) is 10.5. The normalized spacial score (nSPS) is 32.9. The van der Waals surface area contributed by atoms with Crippen LogP contribution in [0.3, 0.4) is 0 Å². The van der Waals surface area contributed by atoms with Gasteiger partial charge in [-0.05, 0) is 6.07 Å². The van der Waals surface area contributed by atoms with E-state index in [9.17, 15) is 14.6 Å². The van der Waals surface area contributed by atoms with Gasteiger partial charge in [0.15, 0.2) is 6.23 Å². The van der Waals surface area contributed by atoms with Crippen molar-refractivity contribution < 1.29 is 24.4 Å².